The molecular weight excluding hydrogens is 262 g/mol. The number of hydrogen-bond donors (Lipinski definition) is 2. The highest BCUT2D eigenvalue weighted by Gasteiger charge is 2.22. The molecule has 19 heavy (non-hydrogen) atoms. The van der Waals surface area contributed by atoms with Crippen LogP contribution in [0.15, 0.2) is 30.6 Å². The van der Waals surface area contributed by atoms with E-state index in [2.05, 4.69) is 33.7 Å². The van der Waals surface area contributed by atoms with E-state index in [0.717, 1.165) is 25.1 Å². The summed E-state index contributed by atoms with van der Waals surface area (Å²) in [6.45, 7) is 1.63. The Morgan fingerprint density at radius 1 is 1.47 bits per heavy atom. The van der Waals surface area contributed by atoms with Gasteiger partial charge >= 0.3 is 0 Å². The molecule has 102 valence electrons. The molecule has 0 saturated heterocycles. The van der Waals surface area contributed by atoms with Crippen LogP contribution >= 0.6 is 12.4 Å². The van der Waals surface area contributed by atoms with E-state index in [-0.39, 0.29) is 18.5 Å². The first-order valence-corrected chi connectivity index (χ1v) is 6.27. The number of benzene rings is 1. The van der Waals surface area contributed by atoms with Crippen LogP contribution in [0.2, 0.25) is 0 Å². The van der Waals surface area contributed by atoms with Crippen LogP contribution < -0.4 is 5.32 Å². The number of H-pyrrole nitrogens is 1. The molecule has 1 aliphatic heterocycles. The van der Waals surface area contributed by atoms with Gasteiger partial charge in [0.15, 0.2) is 0 Å². The van der Waals surface area contributed by atoms with Crippen molar-refractivity contribution in [3.05, 3.63) is 41.7 Å². The minimum atomic E-state index is 0. The Balaban J connectivity index is 0.00000133. The topological polar surface area (TPSA) is 49.9 Å². The Bertz CT molecular complexity index is 527. The third kappa shape index (κ3) is 2.66. The van der Waals surface area contributed by atoms with Gasteiger partial charge in [-0.25, -0.2) is 0 Å². The van der Waals surface area contributed by atoms with Crippen molar-refractivity contribution in [2.75, 3.05) is 20.2 Å². The largest absolute Gasteiger partial charge is 0.372 e. The van der Waals surface area contributed by atoms with Crippen LogP contribution in [0, 0.1) is 0 Å². The molecule has 0 fully saturated rings. The van der Waals surface area contributed by atoms with Crippen molar-refractivity contribution >= 4 is 12.4 Å². The number of hydrogen-bond acceptors (Lipinski definition) is 3. The number of rotatable bonds is 3. The number of nitrogens with one attached hydrogen (secondary N) is 2. The Morgan fingerprint density at radius 3 is 3.11 bits per heavy atom. The van der Waals surface area contributed by atoms with Gasteiger partial charge in [-0.1, -0.05) is 18.2 Å². The van der Waals surface area contributed by atoms with Gasteiger partial charge < -0.3 is 10.1 Å². The van der Waals surface area contributed by atoms with Crippen LogP contribution in [0.1, 0.15) is 17.2 Å². The summed E-state index contributed by atoms with van der Waals surface area (Å²) in [5.74, 6) is 0. The number of aromatic amines is 1. The van der Waals surface area contributed by atoms with Gasteiger partial charge in [-0.3, -0.25) is 5.10 Å². The average molecular weight is 280 g/mol. The molecule has 0 spiro atoms. The van der Waals surface area contributed by atoms with E-state index in [1.165, 1.54) is 16.7 Å². The van der Waals surface area contributed by atoms with E-state index in [9.17, 15) is 0 Å². The lowest BCUT2D eigenvalue weighted by molar-refractivity contribution is 0.0440. The molecule has 1 atom stereocenters. The normalized spacial score (nSPS) is 17.6. The third-order valence-corrected chi connectivity index (χ3v) is 3.43. The zero-order valence-electron chi connectivity index (χ0n) is 10.8. The summed E-state index contributed by atoms with van der Waals surface area (Å²) < 4.78 is 5.83. The Morgan fingerprint density at radius 2 is 2.37 bits per heavy atom. The van der Waals surface area contributed by atoms with Gasteiger partial charge in [0, 0.05) is 18.3 Å². The lowest BCUT2D eigenvalue weighted by atomic mass is 9.90. The molecule has 0 amide bonds. The number of ether oxygens (including phenoxy) is 1. The van der Waals surface area contributed by atoms with Gasteiger partial charge in [-0.2, -0.15) is 5.10 Å². The number of fused-ring (bicyclic) bond motifs is 1. The molecule has 4 nitrogen and oxygen atoms in total. The maximum absolute atomic E-state index is 5.83. The summed E-state index contributed by atoms with van der Waals surface area (Å²) >= 11 is 0. The van der Waals surface area contributed by atoms with E-state index < -0.39 is 0 Å². The lowest BCUT2D eigenvalue weighted by Crippen LogP contribution is -2.25. The summed E-state index contributed by atoms with van der Waals surface area (Å²) in [6, 6.07) is 6.42. The van der Waals surface area contributed by atoms with Crippen molar-refractivity contribution < 1.29 is 4.74 Å². The van der Waals surface area contributed by atoms with Crippen molar-refractivity contribution in [3.8, 4) is 11.1 Å². The Labute approximate surface area is 119 Å². The summed E-state index contributed by atoms with van der Waals surface area (Å²) in [5.41, 5.74) is 5.11. The van der Waals surface area contributed by atoms with Crippen LogP contribution in [0.4, 0.5) is 0 Å². The van der Waals surface area contributed by atoms with E-state index in [0.29, 0.717) is 0 Å². The minimum Gasteiger partial charge on any atom is -0.372 e. The number of aromatic nitrogens is 2. The Hall–Kier alpha value is -1.36. The zero-order chi connectivity index (χ0) is 12.4. The average Bonchev–Trinajstić information content (AvgIpc) is 2.93. The molecule has 1 aromatic heterocycles. The van der Waals surface area contributed by atoms with Crippen LogP contribution in [0.25, 0.3) is 11.1 Å². The molecular formula is C14H18ClN3O. The second-order valence-corrected chi connectivity index (χ2v) is 4.53. The molecule has 3 rings (SSSR count). The number of halogens is 1. The predicted octanol–water partition coefficient (Wildman–Crippen LogP) is 2.33. The highest BCUT2D eigenvalue weighted by atomic mass is 35.5. The molecule has 1 unspecified atom stereocenters. The molecule has 1 aromatic carbocycles. The van der Waals surface area contributed by atoms with Gasteiger partial charge in [0.05, 0.1) is 18.9 Å². The molecule has 2 N–H and O–H groups in total. The molecule has 0 aliphatic carbocycles. The summed E-state index contributed by atoms with van der Waals surface area (Å²) in [6.07, 6.45) is 4.94. The first-order valence-electron chi connectivity index (χ1n) is 6.27. The second-order valence-electron chi connectivity index (χ2n) is 4.53. The fourth-order valence-corrected chi connectivity index (χ4v) is 2.60. The number of likely N-dealkylation sites (N-methyl/N-ethyl adjacent to an activating group) is 1. The monoisotopic (exact) mass is 279 g/mol. The SMILES string of the molecule is CNCC1OCCc2c(-c3cn[nH]c3)cccc21.Cl. The van der Waals surface area contributed by atoms with E-state index in [1.807, 2.05) is 19.4 Å². The van der Waals surface area contributed by atoms with Crippen LogP contribution in [0.3, 0.4) is 0 Å². The molecule has 1 aliphatic rings. The maximum atomic E-state index is 5.83. The lowest BCUT2D eigenvalue weighted by Gasteiger charge is -2.27. The Kier molecular flexibility index (Phi) is 4.58. The highest BCUT2D eigenvalue weighted by molar-refractivity contribution is 5.85. The maximum Gasteiger partial charge on any atom is 0.0952 e. The quantitative estimate of drug-likeness (QED) is 0.907. The number of nitrogens with zero attached hydrogens (tertiary/aromatic N) is 1. The fourth-order valence-electron chi connectivity index (χ4n) is 2.60. The summed E-state index contributed by atoms with van der Waals surface area (Å²) in [5, 5.41) is 10.1. The van der Waals surface area contributed by atoms with Crippen molar-refractivity contribution in [1.29, 1.82) is 0 Å². The van der Waals surface area contributed by atoms with E-state index in [4.69, 9.17) is 4.74 Å². The fraction of sp³-hybridized carbons (Fsp3) is 0.357. The minimum absolute atomic E-state index is 0. The van der Waals surface area contributed by atoms with E-state index in [1.54, 1.807) is 0 Å². The van der Waals surface area contributed by atoms with Gasteiger partial charge in [0.25, 0.3) is 0 Å². The first-order chi connectivity index (χ1) is 8.90. The smallest absolute Gasteiger partial charge is 0.0952 e. The third-order valence-electron chi connectivity index (χ3n) is 3.43. The molecule has 0 bridgehead atoms. The van der Waals surface area contributed by atoms with Gasteiger partial charge in [-0.15, -0.1) is 12.4 Å². The molecule has 0 saturated carbocycles. The van der Waals surface area contributed by atoms with Crippen LogP contribution in [-0.4, -0.2) is 30.4 Å². The predicted molar refractivity (Wildman–Crippen MR) is 77.6 cm³/mol. The van der Waals surface area contributed by atoms with Gasteiger partial charge in [0.1, 0.15) is 0 Å². The second kappa shape index (κ2) is 6.19. The first kappa shape index (κ1) is 14.1. The van der Waals surface area contributed by atoms with Crippen LogP contribution in [-0.2, 0) is 11.2 Å². The van der Waals surface area contributed by atoms with Crippen molar-refractivity contribution in [3.63, 3.8) is 0 Å². The van der Waals surface area contributed by atoms with Crippen molar-refractivity contribution in [2.45, 2.75) is 12.5 Å². The van der Waals surface area contributed by atoms with Crippen LogP contribution in [0.5, 0.6) is 0 Å². The molecule has 5 heteroatoms. The van der Waals surface area contributed by atoms with E-state index >= 15 is 0 Å². The highest BCUT2D eigenvalue weighted by Crippen LogP contribution is 2.33. The molecule has 0 radical (unpaired) electrons. The summed E-state index contributed by atoms with van der Waals surface area (Å²) in [4.78, 5) is 0. The zero-order valence-corrected chi connectivity index (χ0v) is 11.7. The molecule has 2 heterocycles. The van der Waals surface area contributed by atoms with Gasteiger partial charge in [-0.05, 0) is 30.2 Å². The van der Waals surface area contributed by atoms with Crippen molar-refractivity contribution in [2.24, 2.45) is 0 Å². The molecule has 2 aromatic rings. The van der Waals surface area contributed by atoms with Crippen molar-refractivity contribution in [1.82, 2.24) is 15.5 Å². The standard InChI is InChI=1S/C14H17N3O.ClH/c1-15-9-14-13-4-2-3-11(10-7-16-17-8-10)12(13)5-6-18-14;/h2-4,7-8,14-15H,5-6,9H2,1H3,(H,16,17);1H. The van der Waals surface area contributed by atoms with Gasteiger partial charge in [0.2, 0.25) is 0 Å². The summed E-state index contributed by atoms with van der Waals surface area (Å²) in [7, 11) is 1.96.